The minimum absolute atomic E-state index is 0.0748. The lowest BCUT2D eigenvalue weighted by atomic mass is 10.0. The lowest BCUT2D eigenvalue weighted by Gasteiger charge is -2.17. The van der Waals surface area contributed by atoms with Crippen LogP contribution in [0.1, 0.15) is 22.9 Å². The van der Waals surface area contributed by atoms with Gasteiger partial charge in [0.05, 0.1) is 19.3 Å². The summed E-state index contributed by atoms with van der Waals surface area (Å²) in [7, 11) is 0. The molecule has 0 fully saturated rings. The van der Waals surface area contributed by atoms with E-state index in [1.165, 1.54) is 4.88 Å². The third-order valence-corrected chi connectivity index (χ3v) is 4.26. The van der Waals surface area contributed by atoms with Crippen molar-refractivity contribution in [2.75, 3.05) is 13.2 Å². The Morgan fingerprint density at radius 3 is 2.80 bits per heavy atom. The van der Waals surface area contributed by atoms with Crippen LogP contribution in [0, 0.1) is 0 Å². The number of thiophene rings is 1. The SMILES string of the molecule is NNC(Cc1cccs1)c1ccc2c(c1)OCCCO2. The highest BCUT2D eigenvalue weighted by Crippen LogP contribution is 2.33. The molecule has 1 aromatic heterocycles. The zero-order chi connectivity index (χ0) is 13.8. The van der Waals surface area contributed by atoms with Crippen molar-refractivity contribution in [2.24, 2.45) is 5.84 Å². The summed E-state index contributed by atoms with van der Waals surface area (Å²) in [6.07, 6.45) is 1.78. The number of nitrogens with two attached hydrogens (primary N) is 1. The van der Waals surface area contributed by atoms with Gasteiger partial charge in [-0.05, 0) is 29.1 Å². The molecule has 1 aromatic carbocycles. The number of hydrazine groups is 1. The molecule has 1 unspecified atom stereocenters. The molecule has 0 saturated carbocycles. The molecule has 1 atom stereocenters. The summed E-state index contributed by atoms with van der Waals surface area (Å²) in [6.45, 7) is 1.40. The van der Waals surface area contributed by atoms with Gasteiger partial charge in [0.25, 0.3) is 0 Å². The maximum Gasteiger partial charge on any atom is 0.161 e. The standard InChI is InChI=1S/C15H18N2O2S/c16-17-13(10-12-3-1-8-20-12)11-4-5-14-15(9-11)19-7-2-6-18-14/h1,3-5,8-9,13,17H,2,6-7,10,16H2. The Morgan fingerprint density at radius 1 is 1.20 bits per heavy atom. The monoisotopic (exact) mass is 290 g/mol. The molecule has 2 aromatic rings. The predicted octanol–water partition coefficient (Wildman–Crippen LogP) is 2.66. The van der Waals surface area contributed by atoms with Gasteiger partial charge in [0.15, 0.2) is 11.5 Å². The first-order valence-corrected chi connectivity index (χ1v) is 7.63. The number of nitrogens with one attached hydrogen (secondary N) is 1. The van der Waals surface area contributed by atoms with E-state index in [0.29, 0.717) is 13.2 Å². The fraction of sp³-hybridized carbons (Fsp3) is 0.333. The summed E-state index contributed by atoms with van der Waals surface area (Å²) in [4.78, 5) is 1.31. The first-order valence-electron chi connectivity index (χ1n) is 6.75. The third-order valence-electron chi connectivity index (χ3n) is 3.36. The average Bonchev–Trinajstić information content (AvgIpc) is 2.87. The van der Waals surface area contributed by atoms with Crippen LogP contribution in [-0.2, 0) is 6.42 Å². The van der Waals surface area contributed by atoms with Gasteiger partial charge in [-0.3, -0.25) is 11.3 Å². The van der Waals surface area contributed by atoms with E-state index < -0.39 is 0 Å². The summed E-state index contributed by atoms with van der Waals surface area (Å²) >= 11 is 1.74. The number of benzene rings is 1. The smallest absolute Gasteiger partial charge is 0.161 e. The molecule has 3 rings (SSSR count). The van der Waals surface area contributed by atoms with E-state index >= 15 is 0 Å². The van der Waals surface area contributed by atoms with E-state index in [2.05, 4.69) is 22.9 Å². The Morgan fingerprint density at radius 2 is 2.05 bits per heavy atom. The van der Waals surface area contributed by atoms with Gasteiger partial charge in [0.1, 0.15) is 0 Å². The molecular weight excluding hydrogens is 272 g/mol. The molecule has 3 N–H and O–H groups in total. The maximum atomic E-state index is 5.73. The van der Waals surface area contributed by atoms with Gasteiger partial charge in [-0.25, -0.2) is 0 Å². The van der Waals surface area contributed by atoms with Crippen molar-refractivity contribution in [3.8, 4) is 11.5 Å². The van der Waals surface area contributed by atoms with E-state index in [-0.39, 0.29) is 6.04 Å². The van der Waals surface area contributed by atoms with Crippen LogP contribution >= 0.6 is 11.3 Å². The zero-order valence-electron chi connectivity index (χ0n) is 11.2. The second-order valence-electron chi connectivity index (χ2n) is 4.76. The molecule has 5 heteroatoms. The van der Waals surface area contributed by atoms with Crippen molar-refractivity contribution in [3.63, 3.8) is 0 Å². The minimum atomic E-state index is 0.0748. The van der Waals surface area contributed by atoms with Crippen LogP contribution in [0.5, 0.6) is 11.5 Å². The van der Waals surface area contributed by atoms with Gasteiger partial charge in [0.2, 0.25) is 0 Å². The molecule has 106 valence electrons. The Balaban J connectivity index is 1.82. The first-order chi connectivity index (χ1) is 9.86. The van der Waals surface area contributed by atoms with E-state index in [1.54, 1.807) is 11.3 Å². The third kappa shape index (κ3) is 2.95. The van der Waals surface area contributed by atoms with Crippen molar-refractivity contribution in [1.82, 2.24) is 5.43 Å². The second kappa shape index (κ2) is 6.26. The quantitative estimate of drug-likeness (QED) is 0.671. The Hall–Kier alpha value is -1.56. The molecule has 0 radical (unpaired) electrons. The number of fused-ring (bicyclic) bond motifs is 1. The van der Waals surface area contributed by atoms with Crippen molar-refractivity contribution in [2.45, 2.75) is 18.9 Å². The van der Waals surface area contributed by atoms with E-state index in [9.17, 15) is 0 Å². The normalized spacial score (nSPS) is 15.7. The van der Waals surface area contributed by atoms with E-state index in [0.717, 1.165) is 29.9 Å². The zero-order valence-corrected chi connectivity index (χ0v) is 12.0. The highest BCUT2D eigenvalue weighted by atomic mass is 32.1. The maximum absolute atomic E-state index is 5.73. The van der Waals surface area contributed by atoms with Gasteiger partial charge < -0.3 is 9.47 Å². The lowest BCUT2D eigenvalue weighted by molar-refractivity contribution is 0.297. The van der Waals surface area contributed by atoms with E-state index in [1.807, 2.05) is 18.2 Å². The summed E-state index contributed by atoms with van der Waals surface area (Å²) < 4.78 is 11.4. The predicted molar refractivity (Wildman–Crippen MR) is 80.1 cm³/mol. The second-order valence-corrected chi connectivity index (χ2v) is 5.79. The first kappa shape index (κ1) is 13.4. The molecular formula is C15H18N2O2S. The van der Waals surface area contributed by atoms with Gasteiger partial charge in [-0.15, -0.1) is 11.3 Å². The molecule has 0 amide bonds. The van der Waals surface area contributed by atoms with E-state index in [4.69, 9.17) is 15.3 Å². The van der Waals surface area contributed by atoms with Crippen molar-refractivity contribution in [1.29, 1.82) is 0 Å². The molecule has 0 aliphatic carbocycles. The highest BCUT2D eigenvalue weighted by Gasteiger charge is 2.16. The number of rotatable bonds is 4. The summed E-state index contributed by atoms with van der Waals surface area (Å²) in [5.41, 5.74) is 4.01. The van der Waals surface area contributed by atoms with Crippen LogP contribution in [0.2, 0.25) is 0 Å². The molecule has 4 nitrogen and oxygen atoms in total. The Labute approximate surface area is 122 Å². The average molecular weight is 290 g/mol. The number of hydrogen-bond acceptors (Lipinski definition) is 5. The van der Waals surface area contributed by atoms with Crippen LogP contribution in [0.15, 0.2) is 35.7 Å². The molecule has 20 heavy (non-hydrogen) atoms. The van der Waals surface area contributed by atoms with Crippen LogP contribution < -0.4 is 20.7 Å². The van der Waals surface area contributed by atoms with Crippen LogP contribution in [-0.4, -0.2) is 13.2 Å². The minimum Gasteiger partial charge on any atom is -0.490 e. The molecule has 0 spiro atoms. The topological polar surface area (TPSA) is 56.5 Å². The summed E-state index contributed by atoms with van der Waals surface area (Å²) in [5.74, 6) is 7.34. The summed E-state index contributed by atoms with van der Waals surface area (Å²) in [6, 6.07) is 10.3. The fourth-order valence-corrected chi connectivity index (χ4v) is 3.05. The largest absolute Gasteiger partial charge is 0.490 e. The van der Waals surface area contributed by atoms with Crippen molar-refractivity contribution >= 4 is 11.3 Å². The van der Waals surface area contributed by atoms with Gasteiger partial charge in [0, 0.05) is 17.7 Å². The van der Waals surface area contributed by atoms with Gasteiger partial charge in [-0.1, -0.05) is 12.1 Å². The summed E-state index contributed by atoms with van der Waals surface area (Å²) in [5, 5.41) is 2.08. The van der Waals surface area contributed by atoms with Gasteiger partial charge >= 0.3 is 0 Å². The van der Waals surface area contributed by atoms with Crippen LogP contribution in [0.3, 0.4) is 0 Å². The van der Waals surface area contributed by atoms with Crippen LogP contribution in [0.4, 0.5) is 0 Å². The molecule has 0 bridgehead atoms. The molecule has 0 saturated heterocycles. The fourth-order valence-electron chi connectivity index (χ4n) is 2.30. The molecule has 2 heterocycles. The molecule has 1 aliphatic rings. The van der Waals surface area contributed by atoms with Crippen molar-refractivity contribution < 1.29 is 9.47 Å². The Bertz CT molecular complexity index is 557. The Kier molecular flexibility index (Phi) is 4.20. The van der Waals surface area contributed by atoms with Gasteiger partial charge in [-0.2, -0.15) is 0 Å². The van der Waals surface area contributed by atoms with Crippen molar-refractivity contribution in [3.05, 3.63) is 46.2 Å². The number of ether oxygens (including phenoxy) is 2. The molecule has 1 aliphatic heterocycles. The highest BCUT2D eigenvalue weighted by molar-refractivity contribution is 7.09. The van der Waals surface area contributed by atoms with Crippen LogP contribution in [0.25, 0.3) is 0 Å². The number of hydrogen-bond donors (Lipinski definition) is 2. The lowest BCUT2D eigenvalue weighted by Crippen LogP contribution is -2.29.